The van der Waals surface area contributed by atoms with Crippen molar-refractivity contribution in [2.24, 2.45) is 0 Å². The van der Waals surface area contributed by atoms with Crippen LogP contribution in [0.1, 0.15) is 27.4 Å². The van der Waals surface area contributed by atoms with Crippen molar-refractivity contribution in [3.8, 4) is 10.7 Å². The molecule has 0 radical (unpaired) electrons. The molecule has 0 bridgehead atoms. The molecule has 4 aromatic rings. The molecule has 0 aliphatic carbocycles. The summed E-state index contributed by atoms with van der Waals surface area (Å²) in [5.41, 5.74) is 2.28. The zero-order valence-electron chi connectivity index (χ0n) is 17.4. The SMILES string of the molecule is O=C(OCc1nc(-c2cccs2)no1)c1cccc(S(=O)(=O)N2CCc3ccccc3C2)c1. The molecule has 2 aromatic carbocycles. The zero-order valence-corrected chi connectivity index (χ0v) is 19.0. The Hall–Kier alpha value is -3.34. The molecule has 10 heteroatoms. The number of rotatable bonds is 6. The minimum absolute atomic E-state index is 0.0501. The van der Waals surface area contributed by atoms with Crippen molar-refractivity contribution < 1.29 is 22.5 Å². The van der Waals surface area contributed by atoms with Gasteiger partial charge in [-0.15, -0.1) is 11.3 Å². The van der Waals surface area contributed by atoms with E-state index in [2.05, 4.69) is 10.1 Å². The fourth-order valence-corrected chi connectivity index (χ4v) is 5.75. The average Bonchev–Trinajstić information content (AvgIpc) is 3.54. The van der Waals surface area contributed by atoms with E-state index in [0.29, 0.717) is 25.3 Å². The summed E-state index contributed by atoms with van der Waals surface area (Å²) in [5.74, 6) is -0.0957. The third-order valence-corrected chi connectivity index (χ3v) is 8.05. The number of nitrogens with zero attached hydrogens (tertiary/aromatic N) is 3. The molecule has 168 valence electrons. The number of thiophene rings is 1. The molecule has 0 N–H and O–H groups in total. The van der Waals surface area contributed by atoms with E-state index in [4.69, 9.17) is 9.26 Å². The second-order valence-corrected chi connectivity index (χ2v) is 10.3. The molecule has 33 heavy (non-hydrogen) atoms. The minimum atomic E-state index is -3.76. The van der Waals surface area contributed by atoms with Crippen LogP contribution in [0.3, 0.4) is 0 Å². The van der Waals surface area contributed by atoms with Crippen molar-refractivity contribution >= 4 is 27.3 Å². The Morgan fingerprint density at radius 1 is 1.09 bits per heavy atom. The van der Waals surface area contributed by atoms with Gasteiger partial charge in [-0.05, 0) is 47.2 Å². The lowest BCUT2D eigenvalue weighted by Crippen LogP contribution is -2.36. The Bertz CT molecular complexity index is 1400. The van der Waals surface area contributed by atoms with Gasteiger partial charge in [0, 0.05) is 13.1 Å². The highest BCUT2D eigenvalue weighted by Crippen LogP contribution is 2.26. The standard InChI is InChI=1S/C23H19N3O5S2/c27-23(30-15-21-24-22(25-31-21)20-9-4-12-32-20)17-7-3-8-19(13-17)33(28,29)26-11-10-16-5-1-2-6-18(16)14-26/h1-9,12-13H,10-11,14-15H2. The highest BCUT2D eigenvalue weighted by molar-refractivity contribution is 7.89. The first-order chi connectivity index (χ1) is 16.0. The van der Waals surface area contributed by atoms with Crippen molar-refractivity contribution in [2.75, 3.05) is 6.54 Å². The van der Waals surface area contributed by atoms with E-state index in [1.807, 2.05) is 41.8 Å². The molecule has 0 unspecified atom stereocenters. The van der Waals surface area contributed by atoms with Crippen LogP contribution in [0.15, 0.2) is 75.5 Å². The smallest absolute Gasteiger partial charge is 0.338 e. The van der Waals surface area contributed by atoms with E-state index in [0.717, 1.165) is 16.0 Å². The van der Waals surface area contributed by atoms with Gasteiger partial charge >= 0.3 is 5.97 Å². The summed E-state index contributed by atoms with van der Waals surface area (Å²) >= 11 is 1.47. The van der Waals surface area contributed by atoms with Crippen LogP contribution in [0.5, 0.6) is 0 Å². The molecular formula is C23H19N3O5S2. The molecule has 1 aliphatic rings. The largest absolute Gasteiger partial charge is 0.452 e. The third kappa shape index (κ3) is 4.45. The lowest BCUT2D eigenvalue weighted by Gasteiger charge is -2.28. The summed E-state index contributed by atoms with van der Waals surface area (Å²) in [6, 6.07) is 17.4. The highest BCUT2D eigenvalue weighted by atomic mass is 32.2. The number of benzene rings is 2. The van der Waals surface area contributed by atoms with E-state index < -0.39 is 16.0 Å². The van der Waals surface area contributed by atoms with Crippen molar-refractivity contribution in [1.82, 2.24) is 14.4 Å². The number of carbonyl (C=O) groups excluding carboxylic acids is 1. The van der Waals surface area contributed by atoms with Crippen molar-refractivity contribution in [1.29, 1.82) is 0 Å². The minimum Gasteiger partial charge on any atom is -0.452 e. The molecule has 1 aliphatic heterocycles. The summed E-state index contributed by atoms with van der Waals surface area (Å²) < 4.78 is 38.2. The molecule has 8 nitrogen and oxygen atoms in total. The van der Waals surface area contributed by atoms with Gasteiger partial charge in [-0.1, -0.05) is 41.6 Å². The van der Waals surface area contributed by atoms with Crippen molar-refractivity contribution in [3.05, 3.63) is 88.6 Å². The Morgan fingerprint density at radius 3 is 2.76 bits per heavy atom. The van der Waals surface area contributed by atoms with Crippen LogP contribution in [0.25, 0.3) is 10.7 Å². The Labute approximate surface area is 194 Å². The number of aromatic nitrogens is 2. The first-order valence-corrected chi connectivity index (χ1v) is 12.5. The maximum atomic E-state index is 13.2. The summed E-state index contributed by atoms with van der Waals surface area (Å²) in [7, 11) is -3.76. The first-order valence-electron chi connectivity index (χ1n) is 10.2. The molecule has 0 saturated heterocycles. The van der Waals surface area contributed by atoms with E-state index in [1.165, 1.54) is 39.9 Å². The third-order valence-electron chi connectivity index (χ3n) is 5.34. The first kappa shape index (κ1) is 21.5. The maximum absolute atomic E-state index is 13.2. The highest BCUT2D eigenvalue weighted by Gasteiger charge is 2.29. The van der Waals surface area contributed by atoms with Crippen LogP contribution in [-0.2, 0) is 34.3 Å². The Morgan fingerprint density at radius 2 is 1.94 bits per heavy atom. The van der Waals surface area contributed by atoms with Gasteiger partial charge in [0.1, 0.15) is 0 Å². The molecule has 2 aromatic heterocycles. The van der Waals surface area contributed by atoms with Crippen molar-refractivity contribution in [3.63, 3.8) is 0 Å². The molecular weight excluding hydrogens is 462 g/mol. The fraction of sp³-hybridized carbons (Fsp3) is 0.174. The summed E-state index contributed by atoms with van der Waals surface area (Å²) in [6.07, 6.45) is 0.648. The van der Waals surface area contributed by atoms with Gasteiger partial charge in [0.2, 0.25) is 15.8 Å². The topological polar surface area (TPSA) is 103 Å². The summed E-state index contributed by atoms with van der Waals surface area (Å²) in [5, 5.41) is 5.77. The van der Waals surface area contributed by atoms with Gasteiger partial charge in [-0.3, -0.25) is 0 Å². The number of hydrogen-bond acceptors (Lipinski definition) is 8. The van der Waals surface area contributed by atoms with Crippen LogP contribution < -0.4 is 0 Å². The molecule has 0 saturated carbocycles. The molecule has 5 rings (SSSR count). The molecule has 3 heterocycles. The van der Waals surface area contributed by atoms with Crippen LogP contribution in [0.2, 0.25) is 0 Å². The molecule has 0 amide bonds. The van der Waals surface area contributed by atoms with E-state index in [1.54, 1.807) is 0 Å². The summed E-state index contributed by atoms with van der Waals surface area (Å²) in [4.78, 5) is 17.7. The van der Waals surface area contributed by atoms with Crippen molar-refractivity contribution in [2.45, 2.75) is 24.5 Å². The van der Waals surface area contributed by atoms with Crippen LogP contribution in [0.4, 0.5) is 0 Å². The predicted molar refractivity (Wildman–Crippen MR) is 121 cm³/mol. The van der Waals surface area contributed by atoms with E-state index in [-0.39, 0.29) is 23.0 Å². The molecule has 0 spiro atoms. The normalized spacial score (nSPS) is 14.1. The number of hydrogen-bond donors (Lipinski definition) is 0. The summed E-state index contributed by atoms with van der Waals surface area (Å²) in [6.45, 7) is 0.478. The molecule has 0 atom stereocenters. The number of carbonyl (C=O) groups is 1. The average molecular weight is 482 g/mol. The van der Waals surface area contributed by atoms with Crippen LogP contribution >= 0.6 is 11.3 Å². The second kappa shape index (κ2) is 8.89. The van der Waals surface area contributed by atoms with E-state index >= 15 is 0 Å². The Balaban J connectivity index is 1.28. The zero-order chi connectivity index (χ0) is 22.8. The van der Waals surface area contributed by atoms with Gasteiger partial charge in [-0.25, -0.2) is 13.2 Å². The van der Waals surface area contributed by atoms with Crippen LogP contribution in [0, 0.1) is 0 Å². The lowest BCUT2D eigenvalue weighted by atomic mass is 10.0. The van der Waals surface area contributed by atoms with Gasteiger partial charge in [0.05, 0.1) is 15.3 Å². The second-order valence-electron chi connectivity index (χ2n) is 7.45. The number of ether oxygens (including phenoxy) is 1. The maximum Gasteiger partial charge on any atom is 0.338 e. The van der Waals surface area contributed by atoms with Gasteiger partial charge in [-0.2, -0.15) is 9.29 Å². The lowest BCUT2D eigenvalue weighted by molar-refractivity contribution is 0.0429. The quantitative estimate of drug-likeness (QED) is 0.385. The number of fused-ring (bicyclic) bond motifs is 1. The fourth-order valence-electron chi connectivity index (χ4n) is 3.64. The van der Waals surface area contributed by atoms with Gasteiger partial charge in [0.25, 0.3) is 5.89 Å². The Kier molecular flexibility index (Phi) is 5.79. The number of sulfonamides is 1. The molecule has 0 fully saturated rings. The monoisotopic (exact) mass is 481 g/mol. The van der Waals surface area contributed by atoms with Gasteiger partial charge < -0.3 is 9.26 Å². The van der Waals surface area contributed by atoms with Gasteiger partial charge in [0.15, 0.2) is 6.61 Å². The van der Waals surface area contributed by atoms with E-state index in [9.17, 15) is 13.2 Å². The number of esters is 1. The predicted octanol–water partition coefficient (Wildman–Crippen LogP) is 3.90. The van der Waals surface area contributed by atoms with Crippen LogP contribution in [-0.4, -0.2) is 35.4 Å².